The average molecular weight is 228 g/mol. The third-order valence-electron chi connectivity index (χ3n) is 2.04. The Morgan fingerprint density at radius 2 is 1.83 bits per heavy atom. The van der Waals surface area contributed by atoms with Crippen LogP contribution in [0.2, 0.25) is 0 Å². The summed E-state index contributed by atoms with van der Waals surface area (Å²) in [6.45, 7) is 6.18. The number of halogens is 1. The van der Waals surface area contributed by atoms with Crippen LogP contribution in [0.25, 0.3) is 0 Å². The molecule has 0 aromatic heterocycles. The van der Waals surface area contributed by atoms with Crippen LogP contribution >= 0.6 is 15.9 Å². The lowest BCUT2D eigenvalue weighted by Crippen LogP contribution is -2.07. The molecule has 1 rings (SSSR count). The van der Waals surface area contributed by atoms with Gasteiger partial charge in [0.25, 0.3) is 0 Å². The molecule has 1 aromatic rings. The van der Waals surface area contributed by atoms with Crippen LogP contribution in [-0.4, -0.2) is 0 Å². The molecule has 0 bridgehead atoms. The van der Waals surface area contributed by atoms with E-state index in [1.807, 2.05) is 6.92 Å². The highest BCUT2D eigenvalue weighted by atomic mass is 79.9. The molecule has 0 spiro atoms. The van der Waals surface area contributed by atoms with Gasteiger partial charge in [-0.05, 0) is 43.5 Å². The number of rotatable bonds is 1. The van der Waals surface area contributed by atoms with Crippen molar-refractivity contribution in [1.29, 1.82) is 0 Å². The van der Waals surface area contributed by atoms with Gasteiger partial charge in [0.15, 0.2) is 0 Å². The van der Waals surface area contributed by atoms with Gasteiger partial charge in [0.2, 0.25) is 0 Å². The van der Waals surface area contributed by atoms with Gasteiger partial charge in [0.1, 0.15) is 0 Å². The molecule has 1 unspecified atom stereocenters. The Balaban J connectivity index is 3.23. The molecule has 0 aliphatic heterocycles. The summed E-state index contributed by atoms with van der Waals surface area (Å²) < 4.78 is 1.14. The Bertz CT molecular complexity index is 292. The first-order chi connectivity index (χ1) is 5.52. The molecule has 0 heterocycles. The molecule has 0 amide bonds. The van der Waals surface area contributed by atoms with Crippen molar-refractivity contribution in [3.8, 4) is 0 Å². The number of hydrogen-bond donors (Lipinski definition) is 1. The summed E-state index contributed by atoms with van der Waals surface area (Å²) in [6.07, 6.45) is 0. The maximum atomic E-state index is 5.81. The van der Waals surface area contributed by atoms with E-state index in [1.165, 1.54) is 16.7 Å². The normalized spacial score (nSPS) is 13.1. The minimum Gasteiger partial charge on any atom is -0.324 e. The molecule has 0 aliphatic carbocycles. The minimum absolute atomic E-state index is 0.113. The highest BCUT2D eigenvalue weighted by Gasteiger charge is 2.05. The summed E-state index contributed by atoms with van der Waals surface area (Å²) in [6, 6.07) is 4.37. The van der Waals surface area contributed by atoms with E-state index < -0.39 is 0 Å². The van der Waals surface area contributed by atoms with Crippen LogP contribution in [0.5, 0.6) is 0 Å². The van der Waals surface area contributed by atoms with Gasteiger partial charge < -0.3 is 5.73 Å². The topological polar surface area (TPSA) is 26.0 Å². The maximum Gasteiger partial charge on any atom is 0.0269 e. The second kappa shape index (κ2) is 3.58. The molecule has 2 heteroatoms. The standard InChI is InChI=1S/C10H14BrN/c1-6-4-7(2)10(11)5-9(6)8(3)12/h4-5,8H,12H2,1-3H3. The maximum absolute atomic E-state index is 5.81. The first kappa shape index (κ1) is 9.75. The van der Waals surface area contributed by atoms with E-state index in [9.17, 15) is 0 Å². The van der Waals surface area contributed by atoms with Crippen molar-refractivity contribution in [3.05, 3.63) is 33.3 Å². The van der Waals surface area contributed by atoms with E-state index in [1.54, 1.807) is 0 Å². The Morgan fingerprint density at radius 1 is 1.25 bits per heavy atom. The smallest absolute Gasteiger partial charge is 0.0269 e. The second-order valence-electron chi connectivity index (χ2n) is 3.25. The van der Waals surface area contributed by atoms with Crippen LogP contribution in [0, 0.1) is 13.8 Å². The van der Waals surface area contributed by atoms with Crippen molar-refractivity contribution >= 4 is 15.9 Å². The van der Waals surface area contributed by atoms with E-state index in [2.05, 4.69) is 41.9 Å². The zero-order valence-corrected chi connectivity index (χ0v) is 9.27. The summed E-state index contributed by atoms with van der Waals surface area (Å²) >= 11 is 3.49. The van der Waals surface area contributed by atoms with E-state index in [0.717, 1.165) is 4.47 Å². The Labute approximate surface area is 82.1 Å². The van der Waals surface area contributed by atoms with Crippen LogP contribution in [0.1, 0.15) is 29.7 Å². The van der Waals surface area contributed by atoms with Gasteiger partial charge >= 0.3 is 0 Å². The van der Waals surface area contributed by atoms with Gasteiger partial charge in [-0.2, -0.15) is 0 Å². The molecule has 0 radical (unpaired) electrons. The molecular weight excluding hydrogens is 214 g/mol. The lowest BCUT2D eigenvalue weighted by Gasteiger charge is -2.11. The summed E-state index contributed by atoms with van der Waals surface area (Å²) in [5.74, 6) is 0. The summed E-state index contributed by atoms with van der Waals surface area (Å²) in [4.78, 5) is 0. The second-order valence-corrected chi connectivity index (χ2v) is 4.10. The highest BCUT2D eigenvalue weighted by molar-refractivity contribution is 9.10. The van der Waals surface area contributed by atoms with Crippen molar-refractivity contribution in [3.63, 3.8) is 0 Å². The van der Waals surface area contributed by atoms with E-state index in [0.29, 0.717) is 0 Å². The zero-order chi connectivity index (χ0) is 9.30. The van der Waals surface area contributed by atoms with E-state index in [4.69, 9.17) is 5.73 Å². The Hall–Kier alpha value is -0.340. The lowest BCUT2D eigenvalue weighted by molar-refractivity contribution is 0.808. The van der Waals surface area contributed by atoms with Crippen LogP contribution < -0.4 is 5.73 Å². The quantitative estimate of drug-likeness (QED) is 0.785. The van der Waals surface area contributed by atoms with E-state index >= 15 is 0 Å². The third kappa shape index (κ3) is 1.87. The summed E-state index contributed by atoms with van der Waals surface area (Å²) in [7, 11) is 0. The van der Waals surface area contributed by atoms with Crippen LogP contribution in [-0.2, 0) is 0 Å². The molecule has 1 atom stereocenters. The average Bonchev–Trinajstić information content (AvgIpc) is 1.96. The number of hydrogen-bond acceptors (Lipinski definition) is 1. The van der Waals surface area contributed by atoms with Crippen molar-refractivity contribution in [2.45, 2.75) is 26.8 Å². The molecule has 0 saturated carbocycles. The monoisotopic (exact) mass is 227 g/mol. The molecule has 1 aromatic carbocycles. The van der Waals surface area contributed by atoms with Crippen molar-refractivity contribution in [2.24, 2.45) is 5.73 Å². The van der Waals surface area contributed by atoms with Crippen molar-refractivity contribution in [2.75, 3.05) is 0 Å². The number of aryl methyl sites for hydroxylation is 2. The van der Waals surface area contributed by atoms with Crippen molar-refractivity contribution < 1.29 is 0 Å². The SMILES string of the molecule is Cc1cc(C)c(C(C)N)cc1Br. The van der Waals surface area contributed by atoms with Crippen LogP contribution in [0.4, 0.5) is 0 Å². The van der Waals surface area contributed by atoms with Crippen LogP contribution in [0.3, 0.4) is 0 Å². The summed E-state index contributed by atoms with van der Waals surface area (Å²) in [5, 5.41) is 0. The number of benzene rings is 1. The first-order valence-corrected chi connectivity index (χ1v) is 4.84. The van der Waals surface area contributed by atoms with Gasteiger partial charge in [-0.3, -0.25) is 0 Å². The first-order valence-electron chi connectivity index (χ1n) is 4.04. The molecule has 0 fully saturated rings. The number of nitrogens with two attached hydrogens (primary N) is 1. The molecule has 1 nitrogen and oxygen atoms in total. The van der Waals surface area contributed by atoms with Crippen LogP contribution in [0.15, 0.2) is 16.6 Å². The third-order valence-corrected chi connectivity index (χ3v) is 2.89. The Morgan fingerprint density at radius 3 is 2.33 bits per heavy atom. The molecule has 2 N–H and O–H groups in total. The van der Waals surface area contributed by atoms with Gasteiger partial charge in [-0.15, -0.1) is 0 Å². The van der Waals surface area contributed by atoms with Gasteiger partial charge in [-0.1, -0.05) is 22.0 Å². The lowest BCUT2D eigenvalue weighted by atomic mass is 10.0. The highest BCUT2D eigenvalue weighted by Crippen LogP contribution is 2.24. The molecule has 12 heavy (non-hydrogen) atoms. The predicted octanol–water partition coefficient (Wildman–Crippen LogP) is 3.09. The fraction of sp³-hybridized carbons (Fsp3) is 0.400. The van der Waals surface area contributed by atoms with Gasteiger partial charge in [0, 0.05) is 10.5 Å². The predicted molar refractivity (Wildman–Crippen MR) is 56.2 cm³/mol. The molecular formula is C10H14BrN. The van der Waals surface area contributed by atoms with E-state index in [-0.39, 0.29) is 6.04 Å². The minimum atomic E-state index is 0.113. The van der Waals surface area contributed by atoms with Crippen molar-refractivity contribution in [1.82, 2.24) is 0 Å². The zero-order valence-electron chi connectivity index (χ0n) is 7.69. The van der Waals surface area contributed by atoms with Gasteiger partial charge in [0.05, 0.1) is 0 Å². The Kier molecular flexibility index (Phi) is 2.91. The largest absolute Gasteiger partial charge is 0.324 e. The fourth-order valence-corrected chi connectivity index (χ4v) is 1.69. The molecule has 0 saturated heterocycles. The summed E-state index contributed by atoms with van der Waals surface area (Å²) in [5.41, 5.74) is 9.56. The fourth-order valence-electron chi connectivity index (χ4n) is 1.33. The molecule has 66 valence electrons. The molecule has 0 aliphatic rings. The van der Waals surface area contributed by atoms with Gasteiger partial charge in [-0.25, -0.2) is 0 Å².